The highest BCUT2D eigenvalue weighted by atomic mass is 35.5. The van der Waals surface area contributed by atoms with E-state index in [0.29, 0.717) is 26.1 Å². The maximum absolute atomic E-state index is 10.7. The number of para-hydroxylation sites is 1. The van der Waals surface area contributed by atoms with Crippen LogP contribution < -0.4 is 4.90 Å². The van der Waals surface area contributed by atoms with E-state index in [1.807, 2.05) is 35.2 Å². The number of hydrogen-bond donors (Lipinski definition) is 0. The number of carbonyl (C=O) groups excluding carboxylic acids is 1. The molecule has 0 saturated carbocycles. The molecule has 0 atom stereocenters. The Morgan fingerprint density at radius 1 is 1.33 bits per heavy atom. The summed E-state index contributed by atoms with van der Waals surface area (Å²) < 4.78 is 4.91. The third-order valence-corrected chi connectivity index (χ3v) is 2.28. The van der Waals surface area contributed by atoms with Gasteiger partial charge in [0.05, 0.1) is 19.0 Å². The predicted molar refractivity (Wildman–Crippen MR) is 72.8 cm³/mol. The van der Waals surface area contributed by atoms with Crippen LogP contribution in [0, 0.1) is 11.3 Å². The largest absolute Gasteiger partial charge is 0.464 e. The second-order valence-electron chi connectivity index (χ2n) is 3.57. The fourth-order valence-electron chi connectivity index (χ4n) is 1.49. The summed E-state index contributed by atoms with van der Waals surface area (Å²) in [6.07, 6.45) is 0.453. The summed E-state index contributed by atoms with van der Waals surface area (Å²) in [5.74, 6) is -0.279. The molecule has 0 aliphatic carbocycles. The number of ether oxygens (including phenoxy) is 1. The van der Waals surface area contributed by atoms with Crippen molar-refractivity contribution < 1.29 is 9.53 Å². The monoisotopic (exact) mass is 268 g/mol. The average Bonchev–Trinajstić information content (AvgIpc) is 2.34. The molecule has 0 N–H and O–H groups in total. The minimum atomic E-state index is -0.279. The molecule has 0 aliphatic rings. The molecule has 1 aromatic rings. The highest BCUT2D eigenvalue weighted by molar-refractivity contribution is 5.85. The third-order valence-electron chi connectivity index (χ3n) is 2.28. The highest BCUT2D eigenvalue weighted by Gasteiger charge is 2.06. The van der Waals surface area contributed by atoms with Gasteiger partial charge in [0.1, 0.15) is 6.61 Å². The quantitative estimate of drug-likeness (QED) is 0.744. The fraction of sp³-hybridized carbons (Fsp3) is 0.385. The lowest BCUT2D eigenvalue weighted by Crippen LogP contribution is -2.28. The lowest BCUT2D eigenvalue weighted by molar-refractivity contribution is -0.140. The van der Waals surface area contributed by atoms with Gasteiger partial charge in [-0.15, -0.1) is 12.4 Å². The molecule has 0 saturated heterocycles. The smallest absolute Gasteiger partial charge is 0.302 e. The van der Waals surface area contributed by atoms with E-state index in [0.717, 1.165) is 5.69 Å². The molecule has 0 spiro atoms. The van der Waals surface area contributed by atoms with Crippen LogP contribution in [0.5, 0.6) is 0 Å². The van der Waals surface area contributed by atoms with E-state index in [4.69, 9.17) is 10.00 Å². The molecule has 18 heavy (non-hydrogen) atoms. The zero-order valence-corrected chi connectivity index (χ0v) is 11.2. The Kier molecular flexibility index (Phi) is 8.42. The molecule has 1 aromatic carbocycles. The van der Waals surface area contributed by atoms with Crippen LogP contribution in [-0.2, 0) is 9.53 Å². The number of esters is 1. The Labute approximate surface area is 114 Å². The second kappa shape index (κ2) is 9.32. The van der Waals surface area contributed by atoms with E-state index in [9.17, 15) is 4.79 Å². The van der Waals surface area contributed by atoms with Gasteiger partial charge in [-0.25, -0.2) is 0 Å². The number of hydrogen-bond acceptors (Lipinski definition) is 4. The number of nitriles is 1. The van der Waals surface area contributed by atoms with Gasteiger partial charge in [0.2, 0.25) is 0 Å². The van der Waals surface area contributed by atoms with Crippen molar-refractivity contribution in [3.05, 3.63) is 30.3 Å². The Morgan fingerprint density at radius 3 is 2.56 bits per heavy atom. The van der Waals surface area contributed by atoms with Gasteiger partial charge in [-0.05, 0) is 12.1 Å². The molecular weight excluding hydrogens is 252 g/mol. The Bertz CT molecular complexity index is 390. The molecule has 0 fully saturated rings. The predicted octanol–water partition coefficient (Wildman–Crippen LogP) is 2.39. The van der Waals surface area contributed by atoms with Gasteiger partial charge in [-0.3, -0.25) is 4.79 Å². The average molecular weight is 269 g/mol. The van der Waals surface area contributed by atoms with Crippen molar-refractivity contribution in [2.75, 3.05) is 24.6 Å². The molecule has 0 aliphatic heterocycles. The van der Waals surface area contributed by atoms with Crippen LogP contribution in [0.15, 0.2) is 30.3 Å². The van der Waals surface area contributed by atoms with Crippen molar-refractivity contribution >= 4 is 24.1 Å². The van der Waals surface area contributed by atoms with Crippen LogP contribution in [0.3, 0.4) is 0 Å². The number of benzene rings is 1. The van der Waals surface area contributed by atoms with Crippen LogP contribution in [0.2, 0.25) is 0 Å². The first-order valence-electron chi connectivity index (χ1n) is 5.54. The van der Waals surface area contributed by atoms with Crippen LogP contribution in [-0.4, -0.2) is 25.7 Å². The normalized spacial score (nSPS) is 8.89. The maximum Gasteiger partial charge on any atom is 0.302 e. The number of rotatable bonds is 6. The van der Waals surface area contributed by atoms with Crippen LogP contribution in [0.25, 0.3) is 0 Å². The Hall–Kier alpha value is -1.73. The van der Waals surface area contributed by atoms with Crippen molar-refractivity contribution in [2.45, 2.75) is 13.3 Å². The second-order valence-corrected chi connectivity index (χ2v) is 3.57. The summed E-state index contributed by atoms with van der Waals surface area (Å²) in [7, 11) is 0. The molecule has 0 unspecified atom stereocenters. The van der Waals surface area contributed by atoms with Gasteiger partial charge in [0, 0.05) is 19.2 Å². The Balaban J connectivity index is 0.00000289. The number of halogens is 1. The first kappa shape index (κ1) is 16.3. The highest BCUT2D eigenvalue weighted by Crippen LogP contribution is 2.13. The van der Waals surface area contributed by atoms with E-state index >= 15 is 0 Å². The molecule has 0 radical (unpaired) electrons. The lowest BCUT2D eigenvalue weighted by atomic mass is 10.2. The van der Waals surface area contributed by atoms with E-state index in [-0.39, 0.29) is 18.4 Å². The lowest BCUT2D eigenvalue weighted by Gasteiger charge is -2.23. The molecule has 4 nitrogen and oxygen atoms in total. The first-order valence-corrected chi connectivity index (χ1v) is 5.54. The van der Waals surface area contributed by atoms with Crippen molar-refractivity contribution in [3.63, 3.8) is 0 Å². The van der Waals surface area contributed by atoms with Crippen molar-refractivity contribution in [1.29, 1.82) is 5.26 Å². The summed E-state index contributed by atoms with van der Waals surface area (Å²) >= 11 is 0. The Morgan fingerprint density at radius 2 is 2.00 bits per heavy atom. The van der Waals surface area contributed by atoms with Gasteiger partial charge in [-0.1, -0.05) is 18.2 Å². The van der Waals surface area contributed by atoms with Gasteiger partial charge in [-0.2, -0.15) is 5.26 Å². The van der Waals surface area contributed by atoms with Gasteiger partial charge >= 0.3 is 5.97 Å². The van der Waals surface area contributed by atoms with Crippen LogP contribution >= 0.6 is 12.4 Å². The zero-order valence-electron chi connectivity index (χ0n) is 10.3. The van der Waals surface area contributed by atoms with Gasteiger partial charge < -0.3 is 9.64 Å². The summed E-state index contributed by atoms with van der Waals surface area (Å²) in [6, 6.07) is 11.9. The molecule has 0 aromatic heterocycles. The maximum atomic E-state index is 10.7. The molecular formula is C13H17ClN2O2. The molecule has 0 heterocycles. The zero-order chi connectivity index (χ0) is 12.5. The van der Waals surface area contributed by atoms with E-state index in [1.54, 1.807) is 0 Å². The van der Waals surface area contributed by atoms with Crippen molar-refractivity contribution in [3.8, 4) is 6.07 Å². The minimum Gasteiger partial charge on any atom is -0.464 e. The summed E-state index contributed by atoms with van der Waals surface area (Å²) in [4.78, 5) is 12.7. The van der Waals surface area contributed by atoms with Crippen LogP contribution in [0.4, 0.5) is 5.69 Å². The van der Waals surface area contributed by atoms with E-state index < -0.39 is 0 Å². The minimum absolute atomic E-state index is 0. The van der Waals surface area contributed by atoms with E-state index in [1.165, 1.54) is 6.92 Å². The molecule has 0 bridgehead atoms. The summed E-state index contributed by atoms with van der Waals surface area (Å²) in [6.45, 7) is 2.98. The molecule has 0 amide bonds. The van der Waals surface area contributed by atoms with Gasteiger partial charge in [0.25, 0.3) is 0 Å². The number of carbonyl (C=O) groups is 1. The number of anilines is 1. The molecule has 5 heteroatoms. The third kappa shape index (κ3) is 6.12. The van der Waals surface area contributed by atoms with Crippen LogP contribution in [0.1, 0.15) is 13.3 Å². The summed E-state index contributed by atoms with van der Waals surface area (Å²) in [5.41, 5.74) is 1.04. The van der Waals surface area contributed by atoms with E-state index in [2.05, 4.69) is 6.07 Å². The first-order chi connectivity index (χ1) is 8.24. The van der Waals surface area contributed by atoms with Crippen molar-refractivity contribution in [2.24, 2.45) is 0 Å². The topological polar surface area (TPSA) is 53.3 Å². The number of nitrogens with zero attached hydrogens (tertiary/aromatic N) is 2. The van der Waals surface area contributed by atoms with Crippen molar-refractivity contribution in [1.82, 2.24) is 0 Å². The molecule has 1 rings (SSSR count). The standard InChI is InChI=1S/C13H16N2O2.ClH/c1-12(16)17-11-10-15(9-5-8-14)13-6-3-2-4-7-13;/h2-4,6-7H,5,9-11H2,1H3;1H. The summed E-state index contributed by atoms with van der Waals surface area (Å²) in [5, 5.41) is 8.61. The molecule has 98 valence electrons. The van der Waals surface area contributed by atoms with Gasteiger partial charge in [0.15, 0.2) is 0 Å². The fourth-order valence-corrected chi connectivity index (χ4v) is 1.49. The SMILES string of the molecule is CC(=O)OCCN(CCC#N)c1ccccc1.Cl.